The second-order valence-electron chi connectivity index (χ2n) is 6.62. The summed E-state index contributed by atoms with van der Waals surface area (Å²) in [5, 5.41) is 15.3. The second kappa shape index (κ2) is 9.23. The molecule has 2 aromatic rings. The van der Waals surface area contributed by atoms with Gasteiger partial charge in [0.05, 0.1) is 11.1 Å². The van der Waals surface area contributed by atoms with Gasteiger partial charge in [0, 0.05) is 38.0 Å². The number of hydrogen-bond acceptors (Lipinski definition) is 6. The lowest BCUT2D eigenvalue weighted by Gasteiger charge is -2.30. The van der Waals surface area contributed by atoms with E-state index < -0.39 is 0 Å². The number of rotatable bonds is 7. The number of aliphatic hydroxyl groups excluding tert-OH is 1. The molecule has 0 spiro atoms. The van der Waals surface area contributed by atoms with Crippen LogP contribution in [-0.2, 0) is 19.5 Å². The van der Waals surface area contributed by atoms with Gasteiger partial charge in [0.15, 0.2) is 0 Å². The molecule has 0 radical (unpaired) electrons. The van der Waals surface area contributed by atoms with Crippen molar-refractivity contribution in [3.05, 3.63) is 51.5 Å². The fourth-order valence-corrected chi connectivity index (χ4v) is 3.92. The molecule has 0 bridgehead atoms. The number of carbonyl (C=O) groups is 1. The van der Waals surface area contributed by atoms with Gasteiger partial charge in [-0.3, -0.25) is 9.69 Å². The van der Waals surface area contributed by atoms with E-state index >= 15 is 0 Å². The third-order valence-electron chi connectivity index (χ3n) is 4.65. The average Bonchev–Trinajstić information content (AvgIpc) is 3.12. The van der Waals surface area contributed by atoms with Crippen molar-refractivity contribution in [2.45, 2.75) is 38.5 Å². The molecular formula is C19H26N4O2S. The van der Waals surface area contributed by atoms with Crippen molar-refractivity contribution in [1.82, 2.24) is 15.2 Å². The zero-order valence-corrected chi connectivity index (χ0v) is 15.7. The lowest BCUT2D eigenvalue weighted by Crippen LogP contribution is -2.35. The molecular weight excluding hydrogens is 348 g/mol. The Morgan fingerprint density at radius 1 is 1.31 bits per heavy atom. The van der Waals surface area contributed by atoms with Crippen molar-refractivity contribution in [3.63, 3.8) is 0 Å². The Balaban J connectivity index is 1.58. The summed E-state index contributed by atoms with van der Waals surface area (Å²) in [5.41, 5.74) is 8.32. The first-order valence-electron chi connectivity index (χ1n) is 9.05. The number of aliphatic hydroxyl groups is 1. The van der Waals surface area contributed by atoms with E-state index in [0.717, 1.165) is 43.0 Å². The fraction of sp³-hybridized carbons (Fsp3) is 0.474. The zero-order chi connectivity index (χ0) is 18.4. The van der Waals surface area contributed by atoms with Crippen LogP contribution in [-0.4, -0.2) is 46.6 Å². The number of amides is 1. The van der Waals surface area contributed by atoms with Gasteiger partial charge >= 0.3 is 0 Å². The van der Waals surface area contributed by atoms with Crippen LogP contribution in [0, 0.1) is 0 Å². The van der Waals surface area contributed by atoms with E-state index in [0.29, 0.717) is 25.2 Å². The normalized spacial score (nSPS) is 15.9. The molecule has 1 fully saturated rings. The summed E-state index contributed by atoms with van der Waals surface area (Å²) in [7, 11) is 0. The SMILES string of the molecule is NCCc1nc(C(=O)NCc2ccccc2CN2CCC(O)CC2)cs1. The number of likely N-dealkylation sites (tertiary alicyclic amines) is 1. The molecule has 1 aliphatic rings. The van der Waals surface area contributed by atoms with Crippen molar-refractivity contribution in [3.8, 4) is 0 Å². The summed E-state index contributed by atoms with van der Waals surface area (Å²) >= 11 is 1.47. The number of aromatic nitrogens is 1. The molecule has 0 atom stereocenters. The van der Waals surface area contributed by atoms with Crippen LogP contribution in [0.15, 0.2) is 29.6 Å². The van der Waals surface area contributed by atoms with Crippen LogP contribution in [0.2, 0.25) is 0 Å². The first kappa shape index (κ1) is 19.0. The largest absolute Gasteiger partial charge is 0.393 e. The van der Waals surface area contributed by atoms with Gasteiger partial charge in [-0.25, -0.2) is 4.98 Å². The highest BCUT2D eigenvalue weighted by Gasteiger charge is 2.18. The number of hydrogen-bond donors (Lipinski definition) is 3. The van der Waals surface area contributed by atoms with E-state index in [1.54, 1.807) is 5.38 Å². The van der Waals surface area contributed by atoms with Gasteiger partial charge in [-0.05, 0) is 30.5 Å². The number of thiazole rings is 1. The number of nitrogens with one attached hydrogen (secondary N) is 1. The maximum Gasteiger partial charge on any atom is 0.271 e. The van der Waals surface area contributed by atoms with E-state index in [4.69, 9.17) is 5.73 Å². The van der Waals surface area contributed by atoms with Crippen molar-refractivity contribution in [2.75, 3.05) is 19.6 Å². The molecule has 3 rings (SSSR count). The summed E-state index contributed by atoms with van der Waals surface area (Å²) in [6, 6.07) is 8.18. The number of nitrogens with two attached hydrogens (primary N) is 1. The predicted octanol–water partition coefficient (Wildman–Crippen LogP) is 1.53. The van der Waals surface area contributed by atoms with Crippen molar-refractivity contribution in [1.29, 1.82) is 0 Å². The molecule has 1 aliphatic heterocycles. The molecule has 7 heteroatoms. The van der Waals surface area contributed by atoms with E-state index in [1.165, 1.54) is 16.9 Å². The number of piperidine rings is 1. The van der Waals surface area contributed by atoms with Crippen LogP contribution in [0.5, 0.6) is 0 Å². The van der Waals surface area contributed by atoms with Crippen LogP contribution in [0.25, 0.3) is 0 Å². The third-order valence-corrected chi connectivity index (χ3v) is 5.56. The minimum atomic E-state index is -0.164. The van der Waals surface area contributed by atoms with Gasteiger partial charge < -0.3 is 16.2 Å². The quantitative estimate of drug-likeness (QED) is 0.684. The van der Waals surface area contributed by atoms with E-state index in [9.17, 15) is 9.90 Å². The Hall–Kier alpha value is -1.80. The highest BCUT2D eigenvalue weighted by molar-refractivity contribution is 7.09. The molecule has 0 unspecified atom stereocenters. The minimum absolute atomic E-state index is 0.152. The molecule has 1 aromatic carbocycles. The Labute approximate surface area is 158 Å². The Morgan fingerprint density at radius 3 is 2.77 bits per heavy atom. The highest BCUT2D eigenvalue weighted by atomic mass is 32.1. The Morgan fingerprint density at radius 2 is 2.04 bits per heavy atom. The molecule has 4 N–H and O–H groups in total. The molecule has 1 aromatic heterocycles. The van der Waals surface area contributed by atoms with E-state index in [1.807, 2.05) is 12.1 Å². The molecule has 26 heavy (non-hydrogen) atoms. The van der Waals surface area contributed by atoms with Crippen LogP contribution in [0.3, 0.4) is 0 Å². The van der Waals surface area contributed by atoms with Gasteiger partial charge in [-0.1, -0.05) is 24.3 Å². The van der Waals surface area contributed by atoms with Crippen LogP contribution in [0.1, 0.15) is 39.5 Å². The van der Waals surface area contributed by atoms with Crippen molar-refractivity contribution >= 4 is 17.2 Å². The van der Waals surface area contributed by atoms with Gasteiger partial charge in [0.1, 0.15) is 5.69 Å². The van der Waals surface area contributed by atoms with E-state index in [-0.39, 0.29) is 12.0 Å². The summed E-state index contributed by atoms with van der Waals surface area (Å²) in [6.07, 6.45) is 2.19. The molecule has 6 nitrogen and oxygen atoms in total. The maximum absolute atomic E-state index is 12.3. The molecule has 1 saturated heterocycles. The maximum atomic E-state index is 12.3. The predicted molar refractivity (Wildman–Crippen MR) is 103 cm³/mol. The van der Waals surface area contributed by atoms with Crippen molar-refractivity contribution in [2.24, 2.45) is 5.73 Å². The Bertz CT molecular complexity index is 726. The van der Waals surface area contributed by atoms with Crippen LogP contribution >= 0.6 is 11.3 Å². The first-order valence-corrected chi connectivity index (χ1v) is 9.93. The zero-order valence-electron chi connectivity index (χ0n) is 14.9. The summed E-state index contributed by atoms with van der Waals surface area (Å²) in [4.78, 5) is 19.0. The number of benzene rings is 1. The standard InChI is InChI=1S/C19H26N4O2S/c20-8-5-18-22-17(13-26-18)19(25)21-11-14-3-1-2-4-15(14)12-23-9-6-16(24)7-10-23/h1-4,13,16,24H,5-12,20H2,(H,21,25). The van der Waals surface area contributed by atoms with E-state index in [2.05, 4.69) is 27.3 Å². The highest BCUT2D eigenvalue weighted by Crippen LogP contribution is 2.17. The average molecular weight is 375 g/mol. The number of carbonyl (C=O) groups excluding carboxylic acids is 1. The van der Waals surface area contributed by atoms with Crippen LogP contribution in [0.4, 0.5) is 0 Å². The topological polar surface area (TPSA) is 91.5 Å². The van der Waals surface area contributed by atoms with Gasteiger partial charge in [0.2, 0.25) is 0 Å². The van der Waals surface area contributed by atoms with Gasteiger partial charge in [0.25, 0.3) is 5.91 Å². The molecule has 0 aliphatic carbocycles. The number of nitrogens with zero attached hydrogens (tertiary/aromatic N) is 2. The third kappa shape index (κ3) is 5.11. The summed E-state index contributed by atoms with van der Waals surface area (Å²) < 4.78 is 0. The Kier molecular flexibility index (Phi) is 6.73. The molecule has 2 heterocycles. The van der Waals surface area contributed by atoms with Crippen LogP contribution < -0.4 is 11.1 Å². The minimum Gasteiger partial charge on any atom is -0.393 e. The van der Waals surface area contributed by atoms with Crippen molar-refractivity contribution < 1.29 is 9.90 Å². The molecule has 140 valence electrons. The molecule has 1 amide bonds. The molecule has 0 saturated carbocycles. The summed E-state index contributed by atoms with van der Waals surface area (Å²) in [6.45, 7) is 3.68. The fourth-order valence-electron chi connectivity index (χ4n) is 3.12. The van der Waals surface area contributed by atoms with Gasteiger partial charge in [-0.2, -0.15) is 0 Å². The lowest BCUT2D eigenvalue weighted by molar-refractivity contribution is 0.0790. The smallest absolute Gasteiger partial charge is 0.271 e. The second-order valence-corrected chi connectivity index (χ2v) is 7.57. The van der Waals surface area contributed by atoms with Gasteiger partial charge in [-0.15, -0.1) is 11.3 Å². The summed E-state index contributed by atoms with van der Waals surface area (Å²) in [5.74, 6) is -0.152. The lowest BCUT2D eigenvalue weighted by atomic mass is 10.0. The first-order chi connectivity index (χ1) is 12.7. The monoisotopic (exact) mass is 374 g/mol.